The average molecular weight is 236 g/mol. The molecule has 1 unspecified atom stereocenters. The summed E-state index contributed by atoms with van der Waals surface area (Å²) in [5.74, 6) is 1.68. The molecular weight excluding hydrogens is 220 g/mol. The first-order chi connectivity index (χ1) is 7.79. The molecule has 2 aromatic rings. The first kappa shape index (κ1) is 11.3. The molecule has 0 saturated carbocycles. The second-order valence-corrected chi connectivity index (χ2v) is 4.72. The van der Waals surface area contributed by atoms with Crippen molar-refractivity contribution < 1.29 is 0 Å². The van der Waals surface area contributed by atoms with Crippen molar-refractivity contribution in [2.75, 3.05) is 0 Å². The van der Waals surface area contributed by atoms with Gasteiger partial charge in [-0.3, -0.25) is 5.10 Å². The molecule has 0 spiro atoms. The Balaban J connectivity index is 1.98. The standard InChI is InChI=1S/C11H16N4S/c1-3-8(2)12-7-10-13-11(15-14-10)9-5-4-6-16-9/h4-6,8,12H,3,7H2,1-2H3,(H,13,14,15). The summed E-state index contributed by atoms with van der Waals surface area (Å²) in [6.07, 6.45) is 1.12. The summed E-state index contributed by atoms with van der Waals surface area (Å²) in [4.78, 5) is 5.54. The van der Waals surface area contributed by atoms with Crippen LogP contribution in [0.4, 0.5) is 0 Å². The molecule has 2 N–H and O–H groups in total. The Bertz CT molecular complexity index is 421. The lowest BCUT2D eigenvalue weighted by Crippen LogP contribution is -2.24. The molecule has 0 fully saturated rings. The van der Waals surface area contributed by atoms with Gasteiger partial charge in [0.05, 0.1) is 11.4 Å². The van der Waals surface area contributed by atoms with Crippen molar-refractivity contribution in [3.05, 3.63) is 23.3 Å². The number of nitrogens with zero attached hydrogens (tertiary/aromatic N) is 2. The summed E-state index contributed by atoms with van der Waals surface area (Å²) < 4.78 is 0. The molecule has 0 radical (unpaired) electrons. The maximum atomic E-state index is 4.44. The lowest BCUT2D eigenvalue weighted by molar-refractivity contribution is 0.524. The molecule has 16 heavy (non-hydrogen) atoms. The predicted molar refractivity (Wildman–Crippen MR) is 66.3 cm³/mol. The van der Waals surface area contributed by atoms with Gasteiger partial charge in [-0.25, -0.2) is 4.98 Å². The average Bonchev–Trinajstić information content (AvgIpc) is 2.95. The van der Waals surface area contributed by atoms with Gasteiger partial charge in [-0.05, 0) is 24.8 Å². The van der Waals surface area contributed by atoms with E-state index in [1.54, 1.807) is 11.3 Å². The van der Waals surface area contributed by atoms with E-state index in [0.29, 0.717) is 6.04 Å². The SMILES string of the molecule is CCC(C)NCc1nc(-c2cccs2)n[nH]1. The van der Waals surface area contributed by atoms with Crippen molar-refractivity contribution in [1.82, 2.24) is 20.5 Å². The van der Waals surface area contributed by atoms with Crippen LogP contribution in [0, 0.1) is 0 Å². The van der Waals surface area contributed by atoms with E-state index in [2.05, 4.69) is 34.3 Å². The fraction of sp³-hybridized carbons (Fsp3) is 0.455. The Labute approximate surface area is 99.1 Å². The first-order valence-corrected chi connectivity index (χ1v) is 6.36. The Morgan fingerprint density at radius 2 is 2.44 bits per heavy atom. The molecule has 0 bridgehead atoms. The molecule has 0 aliphatic rings. The molecule has 0 aromatic carbocycles. The van der Waals surface area contributed by atoms with Crippen LogP contribution >= 0.6 is 11.3 Å². The van der Waals surface area contributed by atoms with E-state index in [9.17, 15) is 0 Å². The van der Waals surface area contributed by atoms with Crippen molar-refractivity contribution >= 4 is 11.3 Å². The topological polar surface area (TPSA) is 53.6 Å². The lowest BCUT2D eigenvalue weighted by atomic mass is 10.2. The molecule has 2 heterocycles. The van der Waals surface area contributed by atoms with E-state index in [-0.39, 0.29) is 0 Å². The van der Waals surface area contributed by atoms with Gasteiger partial charge in [0.1, 0.15) is 5.82 Å². The van der Waals surface area contributed by atoms with Crippen LogP contribution in [0.15, 0.2) is 17.5 Å². The van der Waals surface area contributed by atoms with E-state index in [4.69, 9.17) is 0 Å². The highest BCUT2D eigenvalue weighted by molar-refractivity contribution is 7.13. The van der Waals surface area contributed by atoms with Crippen LogP contribution < -0.4 is 5.32 Å². The molecule has 86 valence electrons. The lowest BCUT2D eigenvalue weighted by Gasteiger charge is -2.08. The van der Waals surface area contributed by atoms with E-state index in [1.807, 2.05) is 17.5 Å². The van der Waals surface area contributed by atoms with Gasteiger partial charge in [-0.15, -0.1) is 11.3 Å². The molecule has 5 heteroatoms. The minimum Gasteiger partial charge on any atom is -0.307 e. The molecule has 0 saturated heterocycles. The second kappa shape index (κ2) is 5.23. The molecule has 1 atom stereocenters. The van der Waals surface area contributed by atoms with Crippen molar-refractivity contribution in [3.8, 4) is 10.7 Å². The highest BCUT2D eigenvalue weighted by atomic mass is 32.1. The number of hydrogen-bond acceptors (Lipinski definition) is 4. The third-order valence-corrected chi connectivity index (χ3v) is 3.37. The normalized spacial score (nSPS) is 12.9. The number of aromatic nitrogens is 3. The van der Waals surface area contributed by atoms with Crippen LogP contribution in [0.25, 0.3) is 10.7 Å². The molecule has 2 rings (SSSR count). The van der Waals surface area contributed by atoms with E-state index in [1.165, 1.54) is 0 Å². The molecular formula is C11H16N4S. The zero-order chi connectivity index (χ0) is 11.4. The number of aromatic amines is 1. The van der Waals surface area contributed by atoms with Crippen LogP contribution in [-0.4, -0.2) is 21.2 Å². The number of thiophene rings is 1. The zero-order valence-electron chi connectivity index (χ0n) is 9.53. The Hall–Kier alpha value is -1.20. The Morgan fingerprint density at radius 3 is 3.12 bits per heavy atom. The van der Waals surface area contributed by atoms with E-state index >= 15 is 0 Å². The van der Waals surface area contributed by atoms with Gasteiger partial charge in [-0.1, -0.05) is 13.0 Å². The van der Waals surface area contributed by atoms with Crippen molar-refractivity contribution in [1.29, 1.82) is 0 Å². The quantitative estimate of drug-likeness (QED) is 0.838. The molecule has 4 nitrogen and oxygen atoms in total. The molecule has 0 aliphatic carbocycles. The maximum absolute atomic E-state index is 4.44. The van der Waals surface area contributed by atoms with Crippen LogP contribution in [0.3, 0.4) is 0 Å². The van der Waals surface area contributed by atoms with Crippen LogP contribution in [0.1, 0.15) is 26.1 Å². The van der Waals surface area contributed by atoms with Gasteiger partial charge < -0.3 is 5.32 Å². The van der Waals surface area contributed by atoms with Crippen molar-refractivity contribution in [2.45, 2.75) is 32.9 Å². The maximum Gasteiger partial charge on any atom is 0.191 e. The molecule has 0 amide bonds. The largest absolute Gasteiger partial charge is 0.307 e. The smallest absolute Gasteiger partial charge is 0.191 e. The Kier molecular flexibility index (Phi) is 3.69. The summed E-state index contributed by atoms with van der Waals surface area (Å²) in [7, 11) is 0. The van der Waals surface area contributed by atoms with Crippen molar-refractivity contribution in [3.63, 3.8) is 0 Å². The van der Waals surface area contributed by atoms with Crippen LogP contribution in [0.2, 0.25) is 0 Å². The highest BCUT2D eigenvalue weighted by Crippen LogP contribution is 2.20. The summed E-state index contributed by atoms with van der Waals surface area (Å²) in [5.41, 5.74) is 0. The van der Waals surface area contributed by atoms with E-state index < -0.39 is 0 Å². The fourth-order valence-electron chi connectivity index (χ4n) is 1.31. The number of H-pyrrole nitrogens is 1. The number of hydrogen-bond donors (Lipinski definition) is 2. The van der Waals surface area contributed by atoms with Crippen molar-refractivity contribution in [2.24, 2.45) is 0 Å². The summed E-state index contributed by atoms with van der Waals surface area (Å²) in [5, 5.41) is 12.6. The monoisotopic (exact) mass is 236 g/mol. The minimum absolute atomic E-state index is 0.510. The summed E-state index contributed by atoms with van der Waals surface area (Å²) in [6, 6.07) is 4.54. The van der Waals surface area contributed by atoms with Gasteiger partial charge in [-0.2, -0.15) is 5.10 Å². The molecule has 2 aromatic heterocycles. The summed E-state index contributed by atoms with van der Waals surface area (Å²) >= 11 is 1.65. The van der Waals surface area contributed by atoms with Gasteiger partial charge in [0.2, 0.25) is 0 Å². The van der Waals surface area contributed by atoms with E-state index in [0.717, 1.165) is 29.5 Å². The Morgan fingerprint density at radius 1 is 1.56 bits per heavy atom. The minimum atomic E-state index is 0.510. The van der Waals surface area contributed by atoms with Gasteiger partial charge in [0.15, 0.2) is 5.82 Å². The highest BCUT2D eigenvalue weighted by Gasteiger charge is 2.06. The first-order valence-electron chi connectivity index (χ1n) is 5.48. The third-order valence-electron chi connectivity index (χ3n) is 2.50. The number of nitrogens with one attached hydrogen (secondary N) is 2. The van der Waals surface area contributed by atoms with Crippen LogP contribution in [0.5, 0.6) is 0 Å². The fourth-order valence-corrected chi connectivity index (χ4v) is 1.96. The van der Waals surface area contributed by atoms with Gasteiger partial charge in [0, 0.05) is 6.04 Å². The predicted octanol–water partition coefficient (Wildman–Crippen LogP) is 2.42. The third kappa shape index (κ3) is 2.68. The molecule has 0 aliphatic heterocycles. The summed E-state index contributed by atoms with van der Waals surface area (Å²) in [6.45, 7) is 5.07. The zero-order valence-corrected chi connectivity index (χ0v) is 10.3. The van der Waals surface area contributed by atoms with Gasteiger partial charge >= 0.3 is 0 Å². The van der Waals surface area contributed by atoms with Gasteiger partial charge in [0.25, 0.3) is 0 Å². The van der Waals surface area contributed by atoms with Crippen LogP contribution in [-0.2, 0) is 6.54 Å². The second-order valence-electron chi connectivity index (χ2n) is 3.77. The number of rotatable bonds is 5.